The third-order valence-corrected chi connectivity index (χ3v) is 8.54. The molecule has 1 saturated heterocycles. The van der Waals surface area contributed by atoms with E-state index in [4.69, 9.17) is 24.3 Å². The zero-order valence-corrected chi connectivity index (χ0v) is 26.6. The predicted molar refractivity (Wildman–Crippen MR) is 170 cm³/mol. The van der Waals surface area contributed by atoms with Crippen LogP contribution in [0.5, 0.6) is 5.75 Å². The van der Waals surface area contributed by atoms with Crippen LogP contribution in [0.2, 0.25) is 0 Å². The number of hydrogen-bond acceptors (Lipinski definition) is 7. The quantitative estimate of drug-likeness (QED) is 0.263. The average molecular weight is 617 g/mol. The molecule has 1 unspecified atom stereocenters. The lowest BCUT2D eigenvalue weighted by atomic mass is 9.92. The molecule has 7 rings (SSSR count). The first-order valence-electron chi connectivity index (χ1n) is 15.6. The van der Waals surface area contributed by atoms with Crippen LogP contribution in [0, 0.1) is 12.7 Å². The molecule has 238 valence electrons. The van der Waals surface area contributed by atoms with Gasteiger partial charge >= 0.3 is 5.97 Å². The number of piperidine rings is 1. The van der Waals surface area contributed by atoms with Crippen LogP contribution in [0.25, 0.3) is 28.0 Å². The summed E-state index contributed by atoms with van der Waals surface area (Å²) in [6.07, 6.45) is 1.92. The van der Waals surface area contributed by atoms with Crippen molar-refractivity contribution in [2.75, 3.05) is 31.2 Å². The van der Waals surface area contributed by atoms with E-state index in [0.717, 1.165) is 36.8 Å². The van der Waals surface area contributed by atoms with Crippen LogP contribution in [0.1, 0.15) is 70.7 Å². The maximum atomic E-state index is 14.5. The Labute approximate surface area is 262 Å². The number of hydrogen-bond donors (Lipinski definition) is 1. The van der Waals surface area contributed by atoms with E-state index in [1.165, 1.54) is 12.1 Å². The standard InChI is InChI=1S/C35H41FN4O5/c1-22-30(31(33(41)42)45-34(2,3)4)32-39-15-13-35(5,14-16-39)44-18-7-6-17-43-28-12-11-25(36)20-26(28)23-9-8-10-24(19-23)27-21-29(37-22)40(32)38-27/h8-12,19-21,31H,6-7,13-18H2,1-5H3,(H,41,42). The molecule has 9 nitrogen and oxygen atoms in total. The number of aryl methyl sites for hydroxylation is 1. The van der Waals surface area contributed by atoms with Crippen molar-refractivity contribution in [3.8, 4) is 28.1 Å². The van der Waals surface area contributed by atoms with E-state index in [9.17, 15) is 14.3 Å². The minimum Gasteiger partial charge on any atom is -0.493 e. The Hall–Kier alpha value is -4.02. The van der Waals surface area contributed by atoms with E-state index >= 15 is 0 Å². The van der Waals surface area contributed by atoms with E-state index in [-0.39, 0.29) is 11.4 Å². The second-order valence-corrected chi connectivity index (χ2v) is 13.2. The summed E-state index contributed by atoms with van der Waals surface area (Å²) in [7, 11) is 0. The molecule has 3 aliphatic heterocycles. The molecule has 1 atom stereocenters. The van der Waals surface area contributed by atoms with E-state index in [1.807, 2.05) is 58.0 Å². The Kier molecular flexibility index (Phi) is 8.30. The first kappa shape index (κ1) is 31.0. The van der Waals surface area contributed by atoms with Crippen LogP contribution in [0.3, 0.4) is 0 Å². The molecule has 0 amide bonds. The van der Waals surface area contributed by atoms with Crippen molar-refractivity contribution in [1.82, 2.24) is 14.6 Å². The normalized spacial score (nSPS) is 17.7. The minimum absolute atomic E-state index is 0.311. The summed E-state index contributed by atoms with van der Waals surface area (Å²) in [4.78, 5) is 19.8. The van der Waals surface area contributed by atoms with Crippen molar-refractivity contribution in [3.63, 3.8) is 0 Å². The molecule has 0 aliphatic carbocycles. The zero-order chi connectivity index (χ0) is 31.9. The number of carboxylic acid groups (broad SMARTS) is 1. The van der Waals surface area contributed by atoms with Crippen molar-refractivity contribution in [1.29, 1.82) is 0 Å². The number of halogens is 1. The molecule has 5 heterocycles. The van der Waals surface area contributed by atoms with Crippen molar-refractivity contribution in [2.24, 2.45) is 0 Å². The summed E-state index contributed by atoms with van der Waals surface area (Å²) in [6.45, 7) is 11.9. The number of benzene rings is 2. The number of carbonyl (C=O) groups is 1. The van der Waals surface area contributed by atoms with E-state index < -0.39 is 17.7 Å². The lowest BCUT2D eigenvalue weighted by molar-refractivity contribution is -0.160. The Morgan fingerprint density at radius 2 is 1.80 bits per heavy atom. The molecule has 1 fully saturated rings. The largest absolute Gasteiger partial charge is 0.493 e. The van der Waals surface area contributed by atoms with Crippen LogP contribution < -0.4 is 9.64 Å². The third kappa shape index (κ3) is 6.53. The smallest absolute Gasteiger partial charge is 0.337 e. The number of aromatic nitrogens is 3. The number of fused-ring (bicyclic) bond motifs is 7. The van der Waals surface area contributed by atoms with Gasteiger partial charge in [0.05, 0.1) is 29.1 Å². The van der Waals surface area contributed by atoms with Gasteiger partial charge in [-0.05, 0) is 90.1 Å². The molecule has 1 N–H and O–H groups in total. The number of rotatable bonds is 3. The number of anilines is 1. The highest BCUT2D eigenvalue weighted by Crippen LogP contribution is 2.39. The van der Waals surface area contributed by atoms with Gasteiger partial charge in [0.2, 0.25) is 0 Å². The predicted octanol–water partition coefficient (Wildman–Crippen LogP) is 7.00. The maximum absolute atomic E-state index is 14.5. The monoisotopic (exact) mass is 616 g/mol. The summed E-state index contributed by atoms with van der Waals surface area (Å²) in [6, 6.07) is 14.2. The minimum atomic E-state index is -1.24. The summed E-state index contributed by atoms with van der Waals surface area (Å²) in [5.74, 6) is -0.150. The molecule has 2 aromatic heterocycles. The van der Waals surface area contributed by atoms with Gasteiger partial charge in [-0.3, -0.25) is 0 Å². The lowest BCUT2D eigenvalue weighted by Gasteiger charge is -2.41. The fraction of sp³-hybridized carbons (Fsp3) is 0.457. The van der Waals surface area contributed by atoms with E-state index in [2.05, 4.69) is 11.8 Å². The highest BCUT2D eigenvalue weighted by Gasteiger charge is 2.37. The third-order valence-electron chi connectivity index (χ3n) is 8.54. The Morgan fingerprint density at radius 3 is 2.53 bits per heavy atom. The summed E-state index contributed by atoms with van der Waals surface area (Å²) in [5.41, 5.74) is 3.57. The maximum Gasteiger partial charge on any atom is 0.337 e. The van der Waals surface area contributed by atoms with Crippen molar-refractivity contribution in [3.05, 3.63) is 65.6 Å². The molecule has 0 spiro atoms. The van der Waals surface area contributed by atoms with Gasteiger partial charge in [-0.25, -0.2) is 14.2 Å². The highest BCUT2D eigenvalue weighted by molar-refractivity contribution is 5.80. The molecule has 45 heavy (non-hydrogen) atoms. The van der Waals surface area contributed by atoms with Gasteiger partial charge in [-0.15, -0.1) is 0 Å². The summed E-state index contributed by atoms with van der Waals surface area (Å²) in [5, 5.41) is 15.4. The molecule has 0 radical (unpaired) electrons. The second kappa shape index (κ2) is 12.1. The molecule has 2 aromatic carbocycles. The van der Waals surface area contributed by atoms with E-state index in [1.54, 1.807) is 10.6 Å². The summed E-state index contributed by atoms with van der Waals surface area (Å²) >= 11 is 0. The molecule has 4 aromatic rings. The topological polar surface area (TPSA) is 98.4 Å². The van der Waals surface area contributed by atoms with Gasteiger partial charge < -0.3 is 24.2 Å². The van der Waals surface area contributed by atoms with Crippen molar-refractivity contribution >= 4 is 17.4 Å². The van der Waals surface area contributed by atoms with Crippen LogP contribution in [0.4, 0.5) is 10.2 Å². The number of carboxylic acids is 1. The van der Waals surface area contributed by atoms with Gasteiger partial charge in [-0.2, -0.15) is 9.61 Å². The molecule has 10 heteroatoms. The van der Waals surface area contributed by atoms with E-state index in [0.29, 0.717) is 66.0 Å². The molecular weight excluding hydrogens is 575 g/mol. The Balaban J connectivity index is 1.54. The number of ether oxygens (including phenoxy) is 3. The zero-order valence-electron chi connectivity index (χ0n) is 26.6. The number of nitrogens with zero attached hydrogens (tertiary/aromatic N) is 4. The Bertz CT molecular complexity index is 1720. The van der Waals surface area contributed by atoms with Gasteiger partial charge in [0.1, 0.15) is 17.4 Å². The molecule has 3 aliphatic rings. The second-order valence-electron chi connectivity index (χ2n) is 13.2. The number of aliphatic carboxylic acids is 1. The van der Waals surface area contributed by atoms with Gasteiger partial charge in [-0.1, -0.05) is 18.2 Å². The van der Waals surface area contributed by atoms with Crippen molar-refractivity contribution < 1.29 is 28.5 Å². The first-order valence-corrected chi connectivity index (χ1v) is 15.6. The van der Waals surface area contributed by atoms with Crippen LogP contribution >= 0.6 is 0 Å². The molecular formula is C35H41FN4O5. The fourth-order valence-electron chi connectivity index (χ4n) is 6.19. The first-order chi connectivity index (χ1) is 21.4. The SMILES string of the molecule is Cc1nc2cc3nn2c(c1C(OC(C)(C)C)C(=O)O)N1CCC(C)(CC1)OCCCCOc1ccc(F)cc1-c1cccc-3c1. The van der Waals surface area contributed by atoms with Gasteiger partial charge in [0, 0.05) is 42.6 Å². The fourth-order valence-corrected chi connectivity index (χ4v) is 6.19. The lowest BCUT2D eigenvalue weighted by Crippen LogP contribution is -2.46. The molecule has 6 bridgehead atoms. The Morgan fingerprint density at radius 1 is 1.07 bits per heavy atom. The van der Waals surface area contributed by atoms with Crippen LogP contribution in [-0.4, -0.2) is 63.2 Å². The van der Waals surface area contributed by atoms with Crippen LogP contribution in [-0.2, 0) is 14.3 Å². The highest BCUT2D eigenvalue weighted by atomic mass is 19.1. The van der Waals surface area contributed by atoms with Crippen molar-refractivity contribution in [2.45, 2.75) is 77.6 Å². The van der Waals surface area contributed by atoms with Gasteiger partial charge in [0.15, 0.2) is 11.8 Å². The molecule has 0 saturated carbocycles. The van der Waals surface area contributed by atoms with Crippen LogP contribution in [0.15, 0.2) is 48.5 Å². The average Bonchev–Trinajstić information content (AvgIpc) is 3.41. The van der Waals surface area contributed by atoms with Gasteiger partial charge in [0.25, 0.3) is 0 Å². The summed E-state index contributed by atoms with van der Waals surface area (Å²) < 4.78 is 35.0.